The van der Waals surface area contributed by atoms with Crippen LogP contribution < -0.4 is 5.32 Å². The van der Waals surface area contributed by atoms with Gasteiger partial charge < -0.3 is 29.7 Å². The summed E-state index contributed by atoms with van der Waals surface area (Å²) in [7, 11) is 0. The zero-order valence-corrected chi connectivity index (χ0v) is 23.8. The second kappa shape index (κ2) is 11.9. The van der Waals surface area contributed by atoms with Gasteiger partial charge in [-0.15, -0.1) is 0 Å². The molecular formula is C27H38BrN3O7. The maximum Gasteiger partial charge on any atom is 0.313 e. The Labute approximate surface area is 231 Å². The zero-order valence-electron chi connectivity index (χ0n) is 22.2. The molecular weight excluding hydrogens is 558 g/mol. The molecule has 0 saturated carbocycles. The first-order chi connectivity index (χ1) is 18.2. The van der Waals surface area contributed by atoms with Crippen LogP contribution >= 0.6 is 15.9 Å². The largest absolute Gasteiger partial charge is 0.460 e. The fourth-order valence-corrected chi connectivity index (χ4v) is 6.72. The number of rotatable bonds is 6. The van der Waals surface area contributed by atoms with Crippen molar-refractivity contribution in [1.29, 1.82) is 0 Å². The third-order valence-corrected chi connectivity index (χ3v) is 8.57. The molecule has 0 unspecified atom stereocenters. The second-order valence-corrected chi connectivity index (χ2v) is 11.6. The van der Waals surface area contributed by atoms with Gasteiger partial charge in [0, 0.05) is 24.0 Å². The van der Waals surface area contributed by atoms with Crippen LogP contribution in [0.1, 0.15) is 52.9 Å². The molecule has 4 aliphatic rings. The molecule has 210 valence electrons. The van der Waals surface area contributed by atoms with E-state index in [1.54, 1.807) is 24.8 Å². The van der Waals surface area contributed by atoms with E-state index in [0.717, 1.165) is 19.3 Å². The van der Waals surface area contributed by atoms with E-state index in [2.05, 4.69) is 28.2 Å². The highest BCUT2D eigenvalue weighted by atomic mass is 79.9. The number of amides is 3. The molecule has 0 aromatic carbocycles. The van der Waals surface area contributed by atoms with Gasteiger partial charge in [0.2, 0.25) is 17.7 Å². The third-order valence-electron chi connectivity index (χ3n) is 7.89. The summed E-state index contributed by atoms with van der Waals surface area (Å²) in [5, 5.41) is 12.8. The first-order valence-corrected chi connectivity index (χ1v) is 14.4. The van der Waals surface area contributed by atoms with Crippen LogP contribution in [0, 0.1) is 11.8 Å². The Morgan fingerprint density at radius 2 is 1.97 bits per heavy atom. The number of esters is 1. The number of nitrogens with one attached hydrogen (secondary N) is 1. The minimum atomic E-state index is -1.36. The van der Waals surface area contributed by atoms with E-state index >= 15 is 0 Å². The molecule has 10 nitrogen and oxygen atoms in total. The van der Waals surface area contributed by atoms with Crippen LogP contribution in [-0.4, -0.2) is 94.7 Å². The van der Waals surface area contributed by atoms with Crippen molar-refractivity contribution in [3.63, 3.8) is 0 Å². The molecule has 0 radical (unpaired) electrons. The zero-order chi connectivity index (χ0) is 27.6. The number of allylic oxidation sites excluding steroid dienone is 1. The molecule has 0 aromatic heterocycles. The Hall–Kier alpha value is -2.24. The summed E-state index contributed by atoms with van der Waals surface area (Å²) in [6.07, 6.45) is 7.63. The van der Waals surface area contributed by atoms with E-state index < -0.39 is 53.6 Å². The monoisotopic (exact) mass is 595 g/mol. The standard InChI is InChI=1S/C27H38BrN3O7/c1-4-5-8-11-30-12-9-6-7-10-19(33)29-14-17(3)37-26(36)20-21-24(34)31(16(2)15-32)23(25(30)35)27(21)13-18(28)22(20)38-27/h6,9,13,16-17,20-23,32H,4-5,7-8,10-12,14-15H2,1-3H3,(H,29,33)/b9-6-/t16-,17+,20-,21+,22-,23-,27+/m1/s1. The molecule has 4 aliphatic heterocycles. The lowest BCUT2D eigenvalue weighted by molar-refractivity contribution is -0.159. The molecule has 38 heavy (non-hydrogen) atoms. The van der Waals surface area contributed by atoms with Gasteiger partial charge >= 0.3 is 5.97 Å². The first kappa shape index (κ1) is 28.8. The number of hydrogen-bond acceptors (Lipinski definition) is 7. The number of fused-ring (bicyclic) bond motifs is 2. The number of unbranched alkanes of at least 4 members (excludes halogenated alkanes) is 2. The minimum Gasteiger partial charge on any atom is -0.460 e. The number of nitrogens with zero attached hydrogens (tertiary/aromatic N) is 2. The Morgan fingerprint density at radius 3 is 2.68 bits per heavy atom. The van der Waals surface area contributed by atoms with Crippen molar-refractivity contribution in [3.05, 3.63) is 22.7 Å². The van der Waals surface area contributed by atoms with E-state index in [-0.39, 0.29) is 31.4 Å². The van der Waals surface area contributed by atoms with Gasteiger partial charge in [-0.25, -0.2) is 0 Å². The fraction of sp³-hybridized carbons (Fsp3) is 0.704. The number of cyclic esters (lactones) is 1. The lowest BCUT2D eigenvalue weighted by Gasteiger charge is -2.37. The van der Waals surface area contributed by atoms with Crippen LogP contribution in [0.4, 0.5) is 0 Å². The van der Waals surface area contributed by atoms with E-state index in [4.69, 9.17) is 9.47 Å². The predicted molar refractivity (Wildman–Crippen MR) is 142 cm³/mol. The topological polar surface area (TPSA) is 125 Å². The molecule has 0 aromatic rings. The van der Waals surface area contributed by atoms with E-state index in [1.165, 1.54) is 4.90 Å². The number of hydrogen-bond donors (Lipinski definition) is 2. The van der Waals surface area contributed by atoms with Gasteiger partial charge in [0.15, 0.2) is 0 Å². The summed E-state index contributed by atoms with van der Waals surface area (Å²) < 4.78 is 12.7. The number of carbonyl (C=O) groups excluding carboxylic acids is 4. The molecule has 7 atom stereocenters. The molecule has 11 heteroatoms. The van der Waals surface area contributed by atoms with Crippen molar-refractivity contribution in [2.45, 2.75) is 82.8 Å². The predicted octanol–water partition coefficient (Wildman–Crippen LogP) is 1.66. The fourth-order valence-electron chi connectivity index (χ4n) is 5.98. The van der Waals surface area contributed by atoms with Crippen LogP contribution in [0.2, 0.25) is 0 Å². The smallest absolute Gasteiger partial charge is 0.313 e. The number of aliphatic hydroxyl groups excluding tert-OH is 1. The highest BCUT2D eigenvalue weighted by Gasteiger charge is 2.75. The number of carbonyl (C=O) groups is 4. The lowest BCUT2D eigenvalue weighted by atomic mass is 9.74. The summed E-state index contributed by atoms with van der Waals surface area (Å²) in [5.41, 5.74) is -1.36. The average Bonchev–Trinajstić information content (AvgIpc) is 3.48. The van der Waals surface area contributed by atoms with Crippen molar-refractivity contribution in [1.82, 2.24) is 15.1 Å². The Morgan fingerprint density at radius 1 is 1.21 bits per heavy atom. The molecule has 2 saturated heterocycles. The number of halogens is 1. The van der Waals surface area contributed by atoms with Gasteiger partial charge in [-0.1, -0.05) is 47.8 Å². The van der Waals surface area contributed by atoms with Crippen LogP contribution in [0.15, 0.2) is 22.7 Å². The summed E-state index contributed by atoms with van der Waals surface area (Å²) in [6.45, 7) is 6.06. The molecule has 0 aliphatic carbocycles. The van der Waals surface area contributed by atoms with Gasteiger partial charge in [-0.3, -0.25) is 19.2 Å². The number of ether oxygens (including phenoxy) is 2. The van der Waals surface area contributed by atoms with Crippen molar-refractivity contribution >= 4 is 39.6 Å². The maximum absolute atomic E-state index is 14.3. The minimum absolute atomic E-state index is 0.146. The average molecular weight is 597 g/mol. The SMILES string of the molecule is CCCCCN1C/C=C\CCC(=O)NC[C@H](C)OC(=O)[C@H]2[C@@H]3O[C@@]4(C=C3Br)[C@@H]2C(=O)N([C@H](C)CO)[C@@H]4C1=O. The quantitative estimate of drug-likeness (QED) is 0.272. The normalized spacial score (nSPS) is 35.6. The Bertz CT molecular complexity index is 1020. The molecule has 4 rings (SSSR count). The number of likely N-dealkylation sites (tertiary alicyclic amines) is 1. The molecule has 1 spiro atoms. The molecule has 3 amide bonds. The molecule has 5 bridgehead atoms. The first-order valence-electron chi connectivity index (χ1n) is 13.6. The van der Waals surface area contributed by atoms with Gasteiger partial charge in [0.05, 0.1) is 25.1 Å². The Balaban J connectivity index is 1.78. The van der Waals surface area contributed by atoms with Crippen molar-refractivity contribution in [2.24, 2.45) is 11.8 Å². The van der Waals surface area contributed by atoms with Crippen LogP contribution in [0.3, 0.4) is 0 Å². The van der Waals surface area contributed by atoms with Crippen LogP contribution in [0.25, 0.3) is 0 Å². The van der Waals surface area contributed by atoms with Gasteiger partial charge in [-0.05, 0) is 32.8 Å². The number of aliphatic hydroxyl groups is 1. The molecule has 2 fully saturated rings. The highest BCUT2D eigenvalue weighted by Crippen LogP contribution is 2.59. The van der Waals surface area contributed by atoms with Crippen LogP contribution in [-0.2, 0) is 28.7 Å². The van der Waals surface area contributed by atoms with Crippen molar-refractivity contribution in [3.8, 4) is 0 Å². The van der Waals surface area contributed by atoms with E-state index in [9.17, 15) is 24.3 Å². The second-order valence-electron chi connectivity index (χ2n) is 10.7. The Kier molecular flexibility index (Phi) is 8.99. The molecule has 4 heterocycles. The van der Waals surface area contributed by atoms with Crippen molar-refractivity contribution in [2.75, 3.05) is 26.2 Å². The van der Waals surface area contributed by atoms with Crippen molar-refractivity contribution < 1.29 is 33.8 Å². The van der Waals surface area contributed by atoms with Gasteiger partial charge in [-0.2, -0.15) is 0 Å². The summed E-state index contributed by atoms with van der Waals surface area (Å²) >= 11 is 3.52. The van der Waals surface area contributed by atoms with E-state index in [1.807, 2.05) is 12.2 Å². The van der Waals surface area contributed by atoms with Gasteiger partial charge in [0.1, 0.15) is 29.8 Å². The summed E-state index contributed by atoms with van der Waals surface area (Å²) in [4.78, 5) is 57.1. The summed E-state index contributed by atoms with van der Waals surface area (Å²) in [6, 6.07) is -1.69. The lowest BCUT2D eigenvalue weighted by Crippen LogP contribution is -2.58. The van der Waals surface area contributed by atoms with Crippen LogP contribution in [0.5, 0.6) is 0 Å². The molecule has 2 N–H and O–H groups in total. The van der Waals surface area contributed by atoms with Gasteiger partial charge in [0.25, 0.3) is 0 Å². The van der Waals surface area contributed by atoms with E-state index in [0.29, 0.717) is 24.0 Å². The third kappa shape index (κ3) is 5.16. The summed E-state index contributed by atoms with van der Waals surface area (Å²) in [5.74, 6) is -3.39. The maximum atomic E-state index is 14.3. The highest BCUT2D eigenvalue weighted by molar-refractivity contribution is 9.11.